The van der Waals surface area contributed by atoms with Crippen molar-refractivity contribution in [1.29, 1.82) is 0 Å². The number of benzene rings is 1. The molecule has 112 valence electrons. The maximum atomic E-state index is 4.72. The minimum atomic E-state index is 0.541. The molecule has 3 rings (SSSR count). The van der Waals surface area contributed by atoms with Crippen LogP contribution in [0.4, 0.5) is 5.69 Å². The number of hydrogen-bond acceptors (Lipinski definition) is 4. The van der Waals surface area contributed by atoms with Crippen molar-refractivity contribution in [1.82, 2.24) is 10.3 Å². The molecule has 21 heavy (non-hydrogen) atoms. The summed E-state index contributed by atoms with van der Waals surface area (Å²) in [5, 5.41) is 4.88. The summed E-state index contributed by atoms with van der Waals surface area (Å²) in [7, 11) is 0. The molecule has 2 heterocycles. The van der Waals surface area contributed by atoms with Gasteiger partial charge in [-0.05, 0) is 31.9 Å². The zero-order valence-electron chi connectivity index (χ0n) is 13.0. The number of para-hydroxylation sites is 1. The summed E-state index contributed by atoms with van der Waals surface area (Å²) in [6, 6.07) is 9.27. The second-order valence-electron chi connectivity index (χ2n) is 5.74. The average Bonchev–Trinajstić information content (AvgIpc) is 2.71. The van der Waals surface area contributed by atoms with E-state index >= 15 is 0 Å². The lowest BCUT2D eigenvalue weighted by atomic mass is 10.1. The van der Waals surface area contributed by atoms with Gasteiger partial charge in [-0.25, -0.2) is 4.98 Å². The normalized spacial score (nSPS) is 18.4. The molecular formula is C17H23N3S. The van der Waals surface area contributed by atoms with Gasteiger partial charge in [0.1, 0.15) is 5.01 Å². The van der Waals surface area contributed by atoms with Crippen molar-refractivity contribution in [2.24, 2.45) is 0 Å². The maximum absolute atomic E-state index is 4.72. The van der Waals surface area contributed by atoms with Crippen molar-refractivity contribution in [2.45, 2.75) is 46.3 Å². The van der Waals surface area contributed by atoms with Crippen LogP contribution in [0.25, 0.3) is 0 Å². The fourth-order valence-corrected chi connectivity index (χ4v) is 3.80. The molecule has 0 amide bonds. The Hall–Kier alpha value is -1.39. The quantitative estimate of drug-likeness (QED) is 0.938. The fourth-order valence-electron chi connectivity index (χ4n) is 2.85. The summed E-state index contributed by atoms with van der Waals surface area (Å²) >= 11 is 1.83. The highest BCUT2D eigenvalue weighted by atomic mass is 32.1. The number of anilines is 1. The summed E-state index contributed by atoms with van der Waals surface area (Å²) in [6.45, 7) is 9.43. The first-order valence-electron chi connectivity index (χ1n) is 7.66. The van der Waals surface area contributed by atoms with Crippen LogP contribution in [0.15, 0.2) is 24.3 Å². The van der Waals surface area contributed by atoms with Crippen molar-refractivity contribution >= 4 is 17.0 Å². The first-order valence-corrected chi connectivity index (χ1v) is 8.48. The van der Waals surface area contributed by atoms with Gasteiger partial charge in [0.15, 0.2) is 0 Å². The molecule has 0 bridgehead atoms. The van der Waals surface area contributed by atoms with E-state index in [1.807, 2.05) is 11.3 Å². The van der Waals surface area contributed by atoms with Gasteiger partial charge < -0.3 is 10.2 Å². The van der Waals surface area contributed by atoms with E-state index in [0.29, 0.717) is 6.04 Å². The lowest BCUT2D eigenvalue weighted by molar-refractivity contribution is 0.502. The largest absolute Gasteiger partial charge is 0.363 e. The molecule has 1 aromatic carbocycles. The molecule has 4 heteroatoms. The smallest absolute Gasteiger partial charge is 0.112 e. The van der Waals surface area contributed by atoms with Gasteiger partial charge in [0.25, 0.3) is 0 Å². The molecule has 3 nitrogen and oxygen atoms in total. The van der Waals surface area contributed by atoms with Gasteiger partial charge in [-0.15, -0.1) is 11.3 Å². The molecule has 0 saturated heterocycles. The molecule has 1 aromatic heterocycles. The Labute approximate surface area is 131 Å². The lowest BCUT2D eigenvalue weighted by Crippen LogP contribution is -2.37. The standard InChI is InChI=1S/C17H23N3S/c1-4-15-10-20(11-17-19-12(2)13(3)21-17)16-8-6-5-7-14(16)9-18-15/h5-8,15,18H,4,9-11H2,1-3H3. The third-order valence-corrected chi connectivity index (χ3v) is 5.30. The van der Waals surface area contributed by atoms with Crippen molar-refractivity contribution in [3.8, 4) is 0 Å². The molecule has 1 aliphatic rings. The van der Waals surface area contributed by atoms with Crippen molar-refractivity contribution in [3.05, 3.63) is 45.4 Å². The summed E-state index contributed by atoms with van der Waals surface area (Å²) in [5.41, 5.74) is 3.91. The van der Waals surface area contributed by atoms with Gasteiger partial charge in [0, 0.05) is 29.7 Å². The van der Waals surface area contributed by atoms with E-state index in [2.05, 4.69) is 55.3 Å². The molecule has 2 aromatic rings. The highest BCUT2D eigenvalue weighted by Gasteiger charge is 2.21. The summed E-state index contributed by atoms with van der Waals surface area (Å²) < 4.78 is 0. The summed E-state index contributed by atoms with van der Waals surface area (Å²) in [6.07, 6.45) is 1.15. The predicted octanol–water partition coefficient (Wildman–Crippen LogP) is 3.65. The minimum absolute atomic E-state index is 0.541. The van der Waals surface area contributed by atoms with Crippen LogP contribution in [0.1, 0.15) is 34.5 Å². The molecule has 1 unspecified atom stereocenters. The van der Waals surface area contributed by atoms with E-state index in [1.165, 1.54) is 26.8 Å². The lowest BCUT2D eigenvalue weighted by Gasteiger charge is -2.26. The monoisotopic (exact) mass is 301 g/mol. The minimum Gasteiger partial charge on any atom is -0.363 e. The number of nitrogens with one attached hydrogen (secondary N) is 1. The molecule has 1 atom stereocenters. The Balaban J connectivity index is 1.90. The number of hydrogen-bond donors (Lipinski definition) is 1. The van der Waals surface area contributed by atoms with Crippen molar-refractivity contribution in [2.75, 3.05) is 11.4 Å². The highest BCUT2D eigenvalue weighted by molar-refractivity contribution is 7.11. The number of aryl methyl sites for hydroxylation is 2. The van der Waals surface area contributed by atoms with Gasteiger partial charge in [0.2, 0.25) is 0 Å². The van der Waals surface area contributed by atoms with Gasteiger partial charge in [-0.2, -0.15) is 0 Å². The van der Waals surface area contributed by atoms with Crippen LogP contribution in [0, 0.1) is 13.8 Å². The summed E-state index contributed by atoms with van der Waals surface area (Å²) in [4.78, 5) is 8.53. The Bertz CT molecular complexity index is 601. The van der Waals surface area contributed by atoms with Crippen LogP contribution in [0.3, 0.4) is 0 Å². The van der Waals surface area contributed by atoms with E-state index < -0.39 is 0 Å². The highest BCUT2D eigenvalue weighted by Crippen LogP contribution is 2.27. The van der Waals surface area contributed by atoms with Crippen LogP contribution in [0.5, 0.6) is 0 Å². The van der Waals surface area contributed by atoms with Crippen molar-refractivity contribution < 1.29 is 0 Å². The second kappa shape index (κ2) is 6.16. The Morgan fingerprint density at radius 3 is 2.86 bits per heavy atom. The number of nitrogens with zero attached hydrogens (tertiary/aromatic N) is 2. The SMILES string of the molecule is CCC1CN(Cc2nc(C)c(C)s2)c2ccccc2CN1. The van der Waals surface area contributed by atoms with Crippen LogP contribution in [-0.2, 0) is 13.1 Å². The third kappa shape index (κ3) is 3.11. The Kier molecular flexibility index (Phi) is 4.27. The van der Waals surface area contributed by atoms with Crippen LogP contribution in [-0.4, -0.2) is 17.6 Å². The van der Waals surface area contributed by atoms with E-state index in [0.717, 1.165) is 26.1 Å². The average molecular weight is 301 g/mol. The van der Waals surface area contributed by atoms with Crippen molar-refractivity contribution in [3.63, 3.8) is 0 Å². The molecule has 0 fully saturated rings. The van der Waals surface area contributed by atoms with Gasteiger partial charge in [0.05, 0.1) is 12.2 Å². The third-order valence-electron chi connectivity index (χ3n) is 4.25. The van der Waals surface area contributed by atoms with Crippen LogP contribution < -0.4 is 10.2 Å². The predicted molar refractivity (Wildman–Crippen MR) is 90.0 cm³/mol. The summed E-state index contributed by atoms with van der Waals surface area (Å²) in [5.74, 6) is 0. The van der Waals surface area contributed by atoms with Crippen LogP contribution in [0.2, 0.25) is 0 Å². The van der Waals surface area contributed by atoms with Gasteiger partial charge >= 0.3 is 0 Å². The fraction of sp³-hybridized carbons (Fsp3) is 0.471. The first-order chi connectivity index (χ1) is 10.2. The maximum Gasteiger partial charge on any atom is 0.112 e. The first kappa shape index (κ1) is 14.5. The van der Waals surface area contributed by atoms with E-state index in [1.54, 1.807) is 0 Å². The molecule has 1 N–H and O–H groups in total. The number of thiazole rings is 1. The Morgan fingerprint density at radius 2 is 2.14 bits per heavy atom. The number of aromatic nitrogens is 1. The zero-order chi connectivity index (χ0) is 14.8. The molecule has 1 aliphatic heterocycles. The van der Waals surface area contributed by atoms with Gasteiger partial charge in [-0.3, -0.25) is 0 Å². The second-order valence-corrected chi connectivity index (χ2v) is 7.03. The van der Waals surface area contributed by atoms with Gasteiger partial charge in [-0.1, -0.05) is 25.1 Å². The molecule has 0 spiro atoms. The number of rotatable bonds is 3. The van der Waals surface area contributed by atoms with E-state index in [9.17, 15) is 0 Å². The molecule has 0 saturated carbocycles. The molecule has 0 aliphatic carbocycles. The zero-order valence-corrected chi connectivity index (χ0v) is 13.8. The molecule has 0 radical (unpaired) electrons. The Morgan fingerprint density at radius 1 is 1.33 bits per heavy atom. The van der Waals surface area contributed by atoms with E-state index in [-0.39, 0.29) is 0 Å². The van der Waals surface area contributed by atoms with Crippen LogP contribution >= 0.6 is 11.3 Å². The van der Waals surface area contributed by atoms with E-state index in [4.69, 9.17) is 4.98 Å². The number of fused-ring (bicyclic) bond motifs is 1. The molecular weight excluding hydrogens is 278 g/mol. The topological polar surface area (TPSA) is 28.2 Å².